The Hall–Kier alpha value is -0.340. The van der Waals surface area contributed by atoms with Crippen LogP contribution in [0.3, 0.4) is 0 Å². The van der Waals surface area contributed by atoms with Crippen molar-refractivity contribution in [2.45, 2.75) is 24.3 Å². The van der Waals surface area contributed by atoms with E-state index < -0.39 is 10.0 Å². The molecule has 108 valence electrons. The Morgan fingerprint density at radius 3 is 2.79 bits per heavy atom. The number of hydrogen-bond acceptors (Lipinski definition) is 5. The van der Waals surface area contributed by atoms with Crippen LogP contribution in [0.4, 0.5) is 0 Å². The van der Waals surface area contributed by atoms with Crippen molar-refractivity contribution in [3.8, 4) is 0 Å². The van der Waals surface area contributed by atoms with Crippen LogP contribution in [0.1, 0.15) is 12.0 Å². The summed E-state index contributed by atoms with van der Waals surface area (Å²) in [7, 11) is -3.64. The van der Waals surface area contributed by atoms with Crippen molar-refractivity contribution in [1.29, 1.82) is 0 Å². The molecule has 0 aromatic carbocycles. The van der Waals surface area contributed by atoms with E-state index >= 15 is 0 Å². The fraction of sp³-hybridized carbons (Fsp3) is 0.545. The predicted molar refractivity (Wildman–Crippen MR) is 78.2 cm³/mol. The van der Waals surface area contributed by atoms with Crippen molar-refractivity contribution in [1.82, 2.24) is 9.71 Å². The van der Waals surface area contributed by atoms with Gasteiger partial charge in [0.1, 0.15) is 10.0 Å². The largest absolute Gasteiger partial charge is 0.396 e. The van der Waals surface area contributed by atoms with E-state index in [1.54, 1.807) is 6.92 Å². The molecule has 0 unspecified atom stereocenters. The number of aliphatic hydroxyl groups is 1. The zero-order chi connectivity index (χ0) is 14.5. The average Bonchev–Trinajstić information content (AvgIpc) is 2.32. The predicted octanol–water partition coefficient (Wildman–Crippen LogP) is 1.44. The molecule has 0 amide bonds. The number of sulfonamides is 1. The molecule has 0 saturated heterocycles. The molecule has 8 heteroatoms. The maximum Gasteiger partial charge on any atom is 0.242 e. The molecule has 2 N–H and O–H groups in total. The summed E-state index contributed by atoms with van der Waals surface area (Å²) in [6, 6.07) is 1.17. The third kappa shape index (κ3) is 4.92. The monoisotopic (exact) mass is 324 g/mol. The van der Waals surface area contributed by atoms with Gasteiger partial charge in [-0.3, -0.25) is 0 Å². The average molecular weight is 325 g/mol. The first-order valence-corrected chi connectivity index (χ1v) is 8.90. The van der Waals surface area contributed by atoms with Crippen LogP contribution in [0, 0.1) is 6.92 Å². The van der Waals surface area contributed by atoms with Crippen molar-refractivity contribution in [2.24, 2.45) is 0 Å². The first kappa shape index (κ1) is 16.7. The highest BCUT2D eigenvalue weighted by atomic mass is 35.5. The number of aliphatic hydroxyl groups excluding tert-OH is 1. The third-order valence-electron chi connectivity index (χ3n) is 2.47. The summed E-state index contributed by atoms with van der Waals surface area (Å²) in [5.74, 6) is 0.597. The number of halogens is 1. The smallest absolute Gasteiger partial charge is 0.242 e. The molecule has 0 aliphatic rings. The van der Waals surface area contributed by atoms with Gasteiger partial charge in [-0.05, 0) is 31.2 Å². The van der Waals surface area contributed by atoms with Gasteiger partial charge in [0.15, 0.2) is 0 Å². The second-order valence-electron chi connectivity index (χ2n) is 4.06. The molecule has 1 atom stereocenters. The van der Waals surface area contributed by atoms with E-state index in [9.17, 15) is 8.42 Å². The van der Waals surface area contributed by atoms with Gasteiger partial charge in [0.05, 0.1) is 0 Å². The van der Waals surface area contributed by atoms with Gasteiger partial charge in [-0.2, -0.15) is 11.8 Å². The van der Waals surface area contributed by atoms with Crippen LogP contribution in [0.25, 0.3) is 0 Å². The Kier molecular flexibility index (Phi) is 6.55. The van der Waals surface area contributed by atoms with Crippen LogP contribution in [0.5, 0.6) is 0 Å². The summed E-state index contributed by atoms with van der Waals surface area (Å²) < 4.78 is 26.9. The molecule has 0 spiro atoms. The Balaban J connectivity index is 2.92. The highest BCUT2D eigenvalue weighted by molar-refractivity contribution is 7.98. The summed E-state index contributed by atoms with van der Waals surface area (Å²) >= 11 is 7.29. The lowest BCUT2D eigenvalue weighted by Crippen LogP contribution is -2.37. The lowest BCUT2D eigenvalue weighted by molar-refractivity contribution is 0.276. The molecule has 0 saturated carbocycles. The SMILES string of the molecule is CSC[C@H](CCO)NS(=O)(=O)c1cnc(Cl)c(C)c1. The van der Waals surface area contributed by atoms with Gasteiger partial charge in [0, 0.05) is 24.6 Å². The number of rotatable bonds is 7. The van der Waals surface area contributed by atoms with E-state index in [2.05, 4.69) is 9.71 Å². The highest BCUT2D eigenvalue weighted by Gasteiger charge is 2.20. The molecule has 1 rings (SSSR count). The molecule has 5 nitrogen and oxygen atoms in total. The second-order valence-corrected chi connectivity index (χ2v) is 7.05. The summed E-state index contributed by atoms with van der Waals surface area (Å²) in [6.45, 7) is 1.63. The zero-order valence-electron chi connectivity index (χ0n) is 10.8. The van der Waals surface area contributed by atoms with Crippen LogP contribution >= 0.6 is 23.4 Å². The van der Waals surface area contributed by atoms with Crippen molar-refractivity contribution in [3.63, 3.8) is 0 Å². The van der Waals surface area contributed by atoms with E-state index in [1.807, 2.05) is 6.26 Å². The lowest BCUT2D eigenvalue weighted by Gasteiger charge is -2.16. The minimum Gasteiger partial charge on any atom is -0.396 e. The Bertz CT molecular complexity index is 517. The standard InChI is InChI=1S/C11H17ClN2O3S2/c1-8-5-10(6-13-11(8)12)19(16,17)14-9(3-4-15)7-18-2/h5-6,9,14-15H,3-4,7H2,1-2H3/t9-/m0/s1. The summed E-state index contributed by atoms with van der Waals surface area (Å²) in [6.07, 6.45) is 3.49. The Labute approximate surface area is 122 Å². The fourth-order valence-electron chi connectivity index (χ4n) is 1.50. The van der Waals surface area contributed by atoms with Crippen molar-refractivity contribution < 1.29 is 13.5 Å². The first-order valence-electron chi connectivity index (χ1n) is 5.65. The fourth-order valence-corrected chi connectivity index (χ4v) is 3.66. The molecule has 19 heavy (non-hydrogen) atoms. The first-order chi connectivity index (χ1) is 8.90. The van der Waals surface area contributed by atoms with Crippen LogP contribution < -0.4 is 4.72 Å². The quantitative estimate of drug-likeness (QED) is 0.742. The number of aryl methyl sites for hydroxylation is 1. The van der Waals surface area contributed by atoms with Gasteiger partial charge in [-0.25, -0.2) is 18.1 Å². The molecule has 1 aromatic heterocycles. The number of thioether (sulfide) groups is 1. The van der Waals surface area contributed by atoms with Gasteiger partial charge < -0.3 is 5.11 Å². The molecule has 0 radical (unpaired) electrons. The molecule has 1 heterocycles. The molecular formula is C11H17ClN2O3S2. The van der Waals surface area contributed by atoms with Crippen LogP contribution in [0.15, 0.2) is 17.2 Å². The third-order valence-corrected chi connectivity index (χ3v) is 5.09. The van der Waals surface area contributed by atoms with Gasteiger partial charge in [0.25, 0.3) is 0 Å². The number of hydrogen-bond donors (Lipinski definition) is 2. The normalized spacial score (nSPS) is 13.5. The van der Waals surface area contributed by atoms with Crippen LogP contribution in [0.2, 0.25) is 5.15 Å². The summed E-state index contributed by atoms with van der Waals surface area (Å²) in [5.41, 5.74) is 0.605. The summed E-state index contributed by atoms with van der Waals surface area (Å²) in [5, 5.41) is 9.22. The molecule has 1 aromatic rings. The van der Waals surface area contributed by atoms with E-state index in [4.69, 9.17) is 16.7 Å². The van der Waals surface area contributed by atoms with E-state index in [1.165, 1.54) is 24.0 Å². The minimum absolute atomic E-state index is 0.0638. The lowest BCUT2D eigenvalue weighted by atomic mass is 10.3. The van der Waals surface area contributed by atoms with Crippen molar-refractivity contribution >= 4 is 33.4 Å². The van der Waals surface area contributed by atoms with E-state index in [0.717, 1.165) is 0 Å². The number of pyridine rings is 1. The van der Waals surface area contributed by atoms with Gasteiger partial charge in [-0.15, -0.1) is 0 Å². The molecular weight excluding hydrogens is 308 g/mol. The number of aromatic nitrogens is 1. The molecule has 0 fully saturated rings. The Morgan fingerprint density at radius 2 is 2.26 bits per heavy atom. The van der Waals surface area contributed by atoms with Crippen LogP contribution in [-0.2, 0) is 10.0 Å². The molecule has 0 aliphatic heterocycles. The number of nitrogens with one attached hydrogen (secondary N) is 1. The minimum atomic E-state index is -3.64. The maximum atomic E-state index is 12.2. The van der Waals surface area contributed by atoms with E-state index in [0.29, 0.717) is 17.7 Å². The van der Waals surface area contributed by atoms with Gasteiger partial charge in [-0.1, -0.05) is 11.6 Å². The van der Waals surface area contributed by atoms with Crippen molar-refractivity contribution in [3.05, 3.63) is 23.0 Å². The van der Waals surface area contributed by atoms with Gasteiger partial charge in [0.2, 0.25) is 10.0 Å². The highest BCUT2D eigenvalue weighted by Crippen LogP contribution is 2.17. The topological polar surface area (TPSA) is 79.3 Å². The zero-order valence-corrected chi connectivity index (χ0v) is 13.1. The Morgan fingerprint density at radius 1 is 1.58 bits per heavy atom. The molecule has 0 aliphatic carbocycles. The van der Waals surface area contributed by atoms with Crippen molar-refractivity contribution in [2.75, 3.05) is 18.6 Å². The van der Waals surface area contributed by atoms with Gasteiger partial charge >= 0.3 is 0 Å². The number of nitrogens with zero attached hydrogens (tertiary/aromatic N) is 1. The maximum absolute atomic E-state index is 12.2. The van der Waals surface area contributed by atoms with Crippen LogP contribution in [-0.4, -0.2) is 43.2 Å². The van der Waals surface area contributed by atoms with E-state index in [-0.39, 0.29) is 22.7 Å². The summed E-state index contributed by atoms with van der Waals surface area (Å²) in [4.78, 5) is 3.92. The second kappa shape index (κ2) is 7.44. The molecule has 0 bridgehead atoms.